The fourth-order valence-electron chi connectivity index (χ4n) is 4.68. The van der Waals surface area contributed by atoms with E-state index in [1.165, 1.54) is 12.1 Å². The van der Waals surface area contributed by atoms with Crippen molar-refractivity contribution in [3.8, 4) is 28.3 Å². The molecule has 6 rings (SSSR count). The summed E-state index contributed by atoms with van der Waals surface area (Å²) in [5.74, 6) is 1.58. The van der Waals surface area contributed by atoms with Crippen molar-refractivity contribution in [1.82, 2.24) is 14.8 Å². The molecule has 1 aromatic carbocycles. The molecule has 0 spiro atoms. The van der Waals surface area contributed by atoms with Crippen molar-refractivity contribution < 1.29 is 13.9 Å². The number of aromatic nitrogens is 3. The van der Waals surface area contributed by atoms with Gasteiger partial charge in [-0.2, -0.15) is 5.10 Å². The van der Waals surface area contributed by atoms with E-state index in [2.05, 4.69) is 10.3 Å². The van der Waals surface area contributed by atoms with Gasteiger partial charge in [0.2, 0.25) is 11.8 Å². The van der Waals surface area contributed by atoms with Crippen LogP contribution < -0.4 is 10.1 Å². The first-order chi connectivity index (χ1) is 15.1. The zero-order chi connectivity index (χ0) is 21.0. The van der Waals surface area contributed by atoms with Crippen LogP contribution in [-0.2, 0) is 11.3 Å². The van der Waals surface area contributed by atoms with Gasteiger partial charge in [0.05, 0.1) is 17.6 Å². The molecule has 0 radical (unpaired) electrons. The predicted molar refractivity (Wildman–Crippen MR) is 114 cm³/mol. The van der Waals surface area contributed by atoms with Crippen molar-refractivity contribution in [1.29, 1.82) is 0 Å². The largest absolute Gasteiger partial charge is 0.477 e. The summed E-state index contributed by atoms with van der Waals surface area (Å²) >= 11 is 0. The molecule has 2 fully saturated rings. The highest BCUT2D eigenvalue weighted by Gasteiger charge is 2.59. The number of hydrogen-bond acceptors (Lipinski definition) is 4. The fourth-order valence-corrected chi connectivity index (χ4v) is 4.68. The minimum Gasteiger partial charge on any atom is -0.477 e. The van der Waals surface area contributed by atoms with Gasteiger partial charge in [-0.25, -0.2) is 14.1 Å². The van der Waals surface area contributed by atoms with Crippen LogP contribution in [0.15, 0.2) is 42.6 Å². The number of nitrogens with one attached hydrogen (secondary N) is 1. The number of amides is 1. The van der Waals surface area contributed by atoms with Crippen molar-refractivity contribution in [2.45, 2.75) is 38.6 Å². The molecule has 0 unspecified atom stereocenters. The first-order valence-corrected chi connectivity index (χ1v) is 10.9. The van der Waals surface area contributed by atoms with Gasteiger partial charge < -0.3 is 10.1 Å². The zero-order valence-electron chi connectivity index (χ0n) is 17.1. The first kappa shape index (κ1) is 18.5. The molecule has 1 N–H and O–H groups in total. The zero-order valence-corrected chi connectivity index (χ0v) is 17.1. The van der Waals surface area contributed by atoms with Gasteiger partial charge in [0.15, 0.2) is 0 Å². The monoisotopic (exact) mass is 418 g/mol. The lowest BCUT2D eigenvalue weighted by molar-refractivity contribution is -0.121. The summed E-state index contributed by atoms with van der Waals surface area (Å²) in [4.78, 5) is 17.3. The number of aryl methyl sites for hydroxylation is 1. The number of rotatable bonds is 5. The lowest BCUT2D eigenvalue weighted by Gasteiger charge is -2.17. The van der Waals surface area contributed by atoms with Crippen LogP contribution in [0.5, 0.6) is 5.88 Å². The van der Waals surface area contributed by atoms with Gasteiger partial charge in [0.25, 0.3) is 0 Å². The van der Waals surface area contributed by atoms with E-state index in [0.29, 0.717) is 24.2 Å². The number of halogens is 1. The third-order valence-corrected chi connectivity index (χ3v) is 6.67. The smallest absolute Gasteiger partial charge is 0.232 e. The Labute approximate surface area is 179 Å². The lowest BCUT2D eigenvalue weighted by atomic mass is 9.99. The standard InChI is InChI=1S/C24H23FN4O2/c25-18-6-2-15(3-7-18)21-20(22-29(28-21)12-1-13-31-22)16-8-11-26-19(14-16)27-23(30)24(9-10-24)17-4-5-17/h2-3,6-8,11,14,17H,1,4-5,9-10,12-13H2,(H,26,27,30). The number of ether oxygens (including phenoxy) is 1. The average Bonchev–Trinajstić information content (AvgIpc) is 3.69. The maximum Gasteiger partial charge on any atom is 0.232 e. The van der Waals surface area contributed by atoms with E-state index in [1.807, 2.05) is 16.8 Å². The van der Waals surface area contributed by atoms with E-state index >= 15 is 0 Å². The molecule has 2 aliphatic carbocycles. The second-order valence-electron chi connectivity index (χ2n) is 8.78. The van der Waals surface area contributed by atoms with Crippen molar-refractivity contribution >= 4 is 11.7 Å². The Morgan fingerprint density at radius 1 is 1.16 bits per heavy atom. The predicted octanol–water partition coefficient (Wildman–Crippen LogP) is 4.66. The number of anilines is 1. The molecular weight excluding hydrogens is 395 g/mol. The third-order valence-electron chi connectivity index (χ3n) is 6.67. The molecule has 1 amide bonds. The number of benzene rings is 1. The second-order valence-corrected chi connectivity index (χ2v) is 8.78. The molecule has 0 saturated heterocycles. The van der Waals surface area contributed by atoms with Crippen molar-refractivity contribution in [3.05, 3.63) is 48.4 Å². The molecule has 1 aliphatic heterocycles. The van der Waals surface area contributed by atoms with Gasteiger partial charge >= 0.3 is 0 Å². The van der Waals surface area contributed by atoms with Crippen LogP contribution in [0.1, 0.15) is 32.1 Å². The van der Waals surface area contributed by atoms with E-state index in [9.17, 15) is 9.18 Å². The molecular formula is C24H23FN4O2. The number of fused-ring (bicyclic) bond motifs is 1. The Balaban J connectivity index is 1.38. The Morgan fingerprint density at radius 2 is 1.97 bits per heavy atom. The summed E-state index contributed by atoms with van der Waals surface area (Å²) in [5.41, 5.74) is 3.08. The molecule has 0 bridgehead atoms. The van der Waals surface area contributed by atoms with E-state index in [0.717, 1.165) is 61.0 Å². The molecule has 6 nitrogen and oxygen atoms in total. The van der Waals surface area contributed by atoms with Crippen LogP contribution in [0.25, 0.3) is 22.4 Å². The Bertz CT molecular complexity index is 1160. The van der Waals surface area contributed by atoms with Crippen molar-refractivity contribution in [2.24, 2.45) is 11.3 Å². The molecule has 158 valence electrons. The van der Waals surface area contributed by atoms with Crippen molar-refractivity contribution in [3.63, 3.8) is 0 Å². The van der Waals surface area contributed by atoms with Crippen LogP contribution in [0, 0.1) is 17.2 Å². The Kier molecular flexibility index (Phi) is 4.13. The minimum atomic E-state index is -0.288. The molecule has 7 heteroatoms. The minimum absolute atomic E-state index is 0.0895. The van der Waals surface area contributed by atoms with Gasteiger partial charge in [0, 0.05) is 24.7 Å². The summed E-state index contributed by atoms with van der Waals surface area (Å²) in [5, 5.41) is 7.81. The first-order valence-electron chi connectivity index (χ1n) is 10.9. The SMILES string of the molecule is O=C(Nc1cc(-c2c(-c3ccc(F)cc3)nn3c2OCCC3)ccn1)C1(C2CC2)CC1. The molecule has 0 atom stereocenters. The van der Waals surface area contributed by atoms with E-state index in [-0.39, 0.29) is 17.1 Å². The van der Waals surface area contributed by atoms with E-state index in [4.69, 9.17) is 9.84 Å². The van der Waals surface area contributed by atoms with Crippen molar-refractivity contribution in [2.75, 3.05) is 11.9 Å². The van der Waals surface area contributed by atoms with E-state index < -0.39 is 0 Å². The molecule has 2 aromatic heterocycles. The Hall–Kier alpha value is -3.22. The topological polar surface area (TPSA) is 69.0 Å². The van der Waals surface area contributed by atoms with Gasteiger partial charge in [-0.3, -0.25) is 4.79 Å². The summed E-state index contributed by atoms with van der Waals surface area (Å²) < 4.78 is 21.3. The highest BCUT2D eigenvalue weighted by molar-refractivity contribution is 5.97. The summed E-state index contributed by atoms with van der Waals surface area (Å²) in [6.45, 7) is 1.39. The van der Waals surface area contributed by atoms with Gasteiger partial charge in [0.1, 0.15) is 17.3 Å². The van der Waals surface area contributed by atoms with E-state index in [1.54, 1.807) is 18.3 Å². The van der Waals surface area contributed by atoms with Gasteiger partial charge in [-0.05, 0) is 73.6 Å². The average molecular weight is 418 g/mol. The summed E-state index contributed by atoms with van der Waals surface area (Å²) in [7, 11) is 0. The lowest BCUT2D eigenvalue weighted by Crippen LogP contribution is -2.26. The van der Waals surface area contributed by atoms with Crippen LogP contribution in [0.4, 0.5) is 10.2 Å². The van der Waals surface area contributed by atoms with Crippen LogP contribution in [0.2, 0.25) is 0 Å². The van der Waals surface area contributed by atoms with Crippen LogP contribution in [-0.4, -0.2) is 27.3 Å². The normalized spacial score (nSPS) is 18.7. The number of carbonyl (C=O) groups is 1. The maximum absolute atomic E-state index is 13.5. The van der Waals surface area contributed by atoms with Crippen LogP contribution in [0.3, 0.4) is 0 Å². The molecule has 3 aliphatic rings. The number of nitrogens with zero attached hydrogens (tertiary/aromatic N) is 3. The highest BCUT2D eigenvalue weighted by atomic mass is 19.1. The van der Waals surface area contributed by atoms with Gasteiger partial charge in [-0.1, -0.05) is 0 Å². The number of pyridine rings is 1. The molecule has 31 heavy (non-hydrogen) atoms. The summed E-state index contributed by atoms with van der Waals surface area (Å²) in [6, 6.07) is 10.1. The number of carbonyl (C=O) groups excluding carboxylic acids is 1. The fraction of sp³-hybridized carbons (Fsp3) is 0.375. The summed E-state index contributed by atoms with van der Waals surface area (Å²) in [6.07, 6.45) is 6.84. The third kappa shape index (κ3) is 3.19. The van der Waals surface area contributed by atoms with Gasteiger partial charge in [-0.15, -0.1) is 0 Å². The quantitative estimate of drug-likeness (QED) is 0.654. The molecule has 2 saturated carbocycles. The second kappa shape index (κ2) is 6.90. The number of hydrogen-bond donors (Lipinski definition) is 1. The molecule has 3 heterocycles. The Morgan fingerprint density at radius 3 is 2.71 bits per heavy atom. The van der Waals surface area contributed by atoms with Crippen LogP contribution >= 0.6 is 0 Å². The maximum atomic E-state index is 13.5. The molecule has 3 aromatic rings. The highest BCUT2D eigenvalue weighted by Crippen LogP contribution is 2.61.